The molecule has 0 saturated heterocycles. The van der Waals surface area contributed by atoms with Crippen LogP contribution < -0.4 is 0 Å². The van der Waals surface area contributed by atoms with Crippen LogP contribution in [0.15, 0.2) is 83.5 Å². The van der Waals surface area contributed by atoms with Crippen LogP contribution in [0.5, 0.6) is 0 Å². The molecule has 110 valence electrons. The van der Waals surface area contributed by atoms with Gasteiger partial charge in [-0.15, -0.1) is 0 Å². The lowest BCUT2D eigenvalue weighted by Gasteiger charge is -2.22. The first-order valence-corrected chi connectivity index (χ1v) is 7.59. The Morgan fingerprint density at radius 3 is 2.13 bits per heavy atom. The maximum Gasteiger partial charge on any atom is 0.194 e. The van der Waals surface area contributed by atoms with Gasteiger partial charge in [-0.2, -0.15) is 0 Å². The van der Waals surface area contributed by atoms with Gasteiger partial charge in [0.05, 0.1) is 0 Å². The highest BCUT2D eigenvalue weighted by atomic mass is 16.1. The highest BCUT2D eigenvalue weighted by Crippen LogP contribution is 2.34. The van der Waals surface area contributed by atoms with Crippen LogP contribution in [-0.4, -0.2) is 11.6 Å². The van der Waals surface area contributed by atoms with E-state index in [1.165, 1.54) is 0 Å². The molecule has 0 bridgehead atoms. The fourth-order valence-electron chi connectivity index (χ4n) is 3.11. The molecule has 4 rings (SSSR count). The summed E-state index contributed by atoms with van der Waals surface area (Å²) in [6, 6.07) is 17.0. The average molecular weight is 298 g/mol. The Balaban J connectivity index is 1.74. The topological polar surface area (TPSA) is 34.1 Å². The number of ketones is 2. The molecule has 0 saturated carbocycles. The van der Waals surface area contributed by atoms with Crippen molar-refractivity contribution >= 4 is 17.6 Å². The number of carbonyl (C=O) groups is 2. The van der Waals surface area contributed by atoms with Crippen molar-refractivity contribution < 1.29 is 9.59 Å². The van der Waals surface area contributed by atoms with Crippen LogP contribution in [0.4, 0.5) is 0 Å². The van der Waals surface area contributed by atoms with Gasteiger partial charge in [-0.05, 0) is 11.1 Å². The summed E-state index contributed by atoms with van der Waals surface area (Å²) < 4.78 is 0. The van der Waals surface area contributed by atoms with Crippen molar-refractivity contribution in [3.8, 4) is 0 Å². The van der Waals surface area contributed by atoms with Crippen molar-refractivity contribution in [1.82, 2.24) is 0 Å². The Labute approximate surface area is 134 Å². The molecular weight excluding hydrogens is 284 g/mol. The number of hydrogen-bond donors (Lipinski definition) is 0. The van der Waals surface area contributed by atoms with E-state index in [4.69, 9.17) is 0 Å². The number of benzene rings is 2. The third kappa shape index (κ3) is 2.29. The predicted molar refractivity (Wildman–Crippen MR) is 90.3 cm³/mol. The summed E-state index contributed by atoms with van der Waals surface area (Å²) in [6.45, 7) is 0. The second-order valence-corrected chi connectivity index (χ2v) is 5.74. The Kier molecular flexibility index (Phi) is 3.16. The second kappa shape index (κ2) is 5.33. The molecule has 0 atom stereocenters. The molecule has 0 unspecified atom stereocenters. The third-order valence-electron chi connectivity index (χ3n) is 4.26. The molecule has 2 aromatic rings. The zero-order valence-electron chi connectivity index (χ0n) is 12.5. The molecule has 2 nitrogen and oxygen atoms in total. The fraction of sp³-hybridized carbons (Fsp3) is 0.0476. The van der Waals surface area contributed by atoms with Crippen LogP contribution in [0.3, 0.4) is 0 Å². The zero-order chi connectivity index (χ0) is 15.8. The highest BCUT2D eigenvalue weighted by Gasteiger charge is 2.32. The molecule has 0 N–H and O–H groups in total. The van der Waals surface area contributed by atoms with Gasteiger partial charge in [-0.25, -0.2) is 0 Å². The number of carbonyl (C=O) groups excluding carboxylic acids is 2. The van der Waals surface area contributed by atoms with E-state index in [9.17, 15) is 9.59 Å². The van der Waals surface area contributed by atoms with Crippen molar-refractivity contribution in [1.29, 1.82) is 0 Å². The molecule has 23 heavy (non-hydrogen) atoms. The molecular formula is C21H14O2. The maximum atomic E-state index is 12.7. The molecule has 0 aromatic heterocycles. The van der Waals surface area contributed by atoms with Crippen LogP contribution in [0.2, 0.25) is 0 Å². The molecule has 0 fully saturated rings. The molecule has 2 aromatic carbocycles. The molecule has 0 spiro atoms. The number of hydrogen-bond acceptors (Lipinski definition) is 2. The van der Waals surface area contributed by atoms with Gasteiger partial charge in [0.2, 0.25) is 0 Å². The summed E-state index contributed by atoms with van der Waals surface area (Å²) in [7, 11) is 0. The largest absolute Gasteiger partial charge is 0.289 e. The van der Waals surface area contributed by atoms with Gasteiger partial charge < -0.3 is 0 Å². The molecule has 0 amide bonds. The number of allylic oxidation sites excluding steroid dienone is 5. The second-order valence-electron chi connectivity index (χ2n) is 5.74. The van der Waals surface area contributed by atoms with Crippen molar-refractivity contribution in [2.24, 2.45) is 0 Å². The normalized spacial score (nSPS) is 18.2. The van der Waals surface area contributed by atoms with Gasteiger partial charge in [0, 0.05) is 28.7 Å². The number of fused-ring (bicyclic) bond motifs is 1. The Bertz CT molecular complexity index is 912. The lowest BCUT2D eigenvalue weighted by molar-refractivity contribution is 0.0975. The minimum atomic E-state index is -0.0507. The summed E-state index contributed by atoms with van der Waals surface area (Å²) in [5.74, 6) is -0.0799. The van der Waals surface area contributed by atoms with Crippen molar-refractivity contribution in [2.75, 3.05) is 0 Å². The summed E-state index contributed by atoms with van der Waals surface area (Å²) in [5, 5.41) is 0. The smallest absolute Gasteiger partial charge is 0.194 e. The van der Waals surface area contributed by atoms with E-state index in [0.717, 1.165) is 11.1 Å². The Morgan fingerprint density at radius 1 is 0.739 bits per heavy atom. The third-order valence-corrected chi connectivity index (χ3v) is 4.26. The van der Waals surface area contributed by atoms with E-state index in [1.807, 2.05) is 36.4 Å². The average Bonchev–Trinajstić information content (AvgIpc) is 2.60. The van der Waals surface area contributed by atoms with E-state index < -0.39 is 0 Å². The molecule has 2 aliphatic carbocycles. The first-order chi connectivity index (χ1) is 11.2. The molecule has 0 radical (unpaired) electrons. The van der Waals surface area contributed by atoms with Crippen molar-refractivity contribution in [3.05, 3.63) is 100 Å². The van der Waals surface area contributed by atoms with E-state index >= 15 is 0 Å². The zero-order valence-corrected chi connectivity index (χ0v) is 12.5. The quantitative estimate of drug-likeness (QED) is 0.781. The van der Waals surface area contributed by atoms with Crippen LogP contribution in [-0.2, 0) is 0 Å². The van der Waals surface area contributed by atoms with E-state index in [1.54, 1.807) is 30.3 Å². The Morgan fingerprint density at radius 2 is 1.39 bits per heavy atom. The first-order valence-electron chi connectivity index (χ1n) is 7.59. The van der Waals surface area contributed by atoms with Gasteiger partial charge >= 0.3 is 0 Å². The summed E-state index contributed by atoms with van der Waals surface area (Å²) in [4.78, 5) is 25.3. The van der Waals surface area contributed by atoms with Gasteiger partial charge in [0.25, 0.3) is 0 Å². The number of rotatable bonds is 1. The summed E-state index contributed by atoms with van der Waals surface area (Å²) >= 11 is 0. The molecule has 0 aliphatic heterocycles. The van der Waals surface area contributed by atoms with Crippen LogP contribution in [0.25, 0.3) is 6.08 Å². The van der Waals surface area contributed by atoms with Gasteiger partial charge in [0.1, 0.15) is 0 Å². The lowest BCUT2D eigenvalue weighted by Crippen LogP contribution is -2.22. The number of Topliss-reactive ketones (excluding diaryl/α,β-unsaturated/α-hetero) is 2. The van der Waals surface area contributed by atoms with Gasteiger partial charge in [0.15, 0.2) is 11.6 Å². The van der Waals surface area contributed by atoms with Crippen LogP contribution >= 0.6 is 0 Å². The minimum absolute atomic E-state index is 0.0292. The van der Waals surface area contributed by atoms with E-state index in [2.05, 4.69) is 6.08 Å². The molecule has 2 heteroatoms. The minimum Gasteiger partial charge on any atom is -0.289 e. The summed E-state index contributed by atoms with van der Waals surface area (Å²) in [5.41, 5.74) is 4.31. The fourth-order valence-corrected chi connectivity index (χ4v) is 3.11. The molecule has 2 aliphatic rings. The summed E-state index contributed by atoms with van der Waals surface area (Å²) in [6.07, 6.45) is 6.27. The predicted octanol–water partition coefficient (Wildman–Crippen LogP) is 4.41. The van der Waals surface area contributed by atoms with Crippen molar-refractivity contribution in [3.63, 3.8) is 0 Å². The standard InChI is InChI=1S/C21H14O2/c22-20-16-8-4-5-9-17(16)21(23)19-13-15(10-11-18(19)20)12-14-6-2-1-3-7-14/h1-12H,13H2. The van der Waals surface area contributed by atoms with Crippen molar-refractivity contribution in [2.45, 2.75) is 6.42 Å². The highest BCUT2D eigenvalue weighted by molar-refractivity contribution is 6.28. The van der Waals surface area contributed by atoms with E-state index in [-0.39, 0.29) is 11.6 Å². The first kappa shape index (κ1) is 13.6. The van der Waals surface area contributed by atoms with Gasteiger partial charge in [-0.3, -0.25) is 9.59 Å². The van der Waals surface area contributed by atoms with Crippen LogP contribution in [0, 0.1) is 0 Å². The monoisotopic (exact) mass is 298 g/mol. The SMILES string of the molecule is O=C1C2=C(CC(=Cc3ccccc3)C=C2)C(=O)c2ccccc21. The van der Waals surface area contributed by atoms with Gasteiger partial charge in [-0.1, -0.05) is 72.8 Å². The Hall–Kier alpha value is -3.00. The lowest BCUT2D eigenvalue weighted by atomic mass is 9.79. The van der Waals surface area contributed by atoms with Crippen LogP contribution in [0.1, 0.15) is 32.7 Å². The maximum absolute atomic E-state index is 12.7. The molecule has 0 heterocycles. The van der Waals surface area contributed by atoms with E-state index in [0.29, 0.717) is 28.7 Å².